The summed E-state index contributed by atoms with van der Waals surface area (Å²) < 4.78 is 0. The summed E-state index contributed by atoms with van der Waals surface area (Å²) in [6, 6.07) is 13.7. The van der Waals surface area contributed by atoms with Gasteiger partial charge in [0.15, 0.2) is 0 Å². The van der Waals surface area contributed by atoms with Crippen LogP contribution in [-0.4, -0.2) is 5.11 Å². The van der Waals surface area contributed by atoms with Crippen LogP contribution < -0.4 is 0 Å². The third-order valence-electron chi connectivity index (χ3n) is 6.48. The number of benzene rings is 2. The standard InChI is InChI=1S/C22H24Cl2O/c1-13-9-15-11-14(2)22(25,19(15)10-13)20-12-16(23)7-8-17(20)18-5-3-4-6-21(18)24/h3-8,12-15,19,25H,9-11H2,1-2H3. The van der Waals surface area contributed by atoms with Gasteiger partial charge in [-0.25, -0.2) is 0 Å². The first-order valence-electron chi connectivity index (χ1n) is 9.18. The van der Waals surface area contributed by atoms with Crippen molar-refractivity contribution in [2.24, 2.45) is 23.7 Å². The van der Waals surface area contributed by atoms with Crippen molar-refractivity contribution in [3.63, 3.8) is 0 Å². The number of fused-ring (bicyclic) bond motifs is 1. The molecule has 0 radical (unpaired) electrons. The Balaban J connectivity index is 1.90. The summed E-state index contributed by atoms with van der Waals surface area (Å²) >= 11 is 12.8. The number of halogens is 2. The van der Waals surface area contributed by atoms with Crippen molar-refractivity contribution in [1.29, 1.82) is 0 Å². The lowest BCUT2D eigenvalue weighted by Crippen LogP contribution is -2.36. The SMILES string of the molecule is CC1CC2CC(C)C(O)(c3cc(Cl)ccc3-c3ccccc3Cl)C2C1. The van der Waals surface area contributed by atoms with Crippen LogP contribution in [-0.2, 0) is 5.60 Å². The molecule has 1 nitrogen and oxygen atoms in total. The molecule has 0 aromatic heterocycles. The molecule has 3 heteroatoms. The monoisotopic (exact) mass is 374 g/mol. The molecule has 0 spiro atoms. The number of rotatable bonds is 2. The van der Waals surface area contributed by atoms with Gasteiger partial charge in [-0.05, 0) is 72.3 Å². The Hall–Kier alpha value is -1.02. The second kappa shape index (κ2) is 6.30. The quantitative estimate of drug-likeness (QED) is 0.631. The van der Waals surface area contributed by atoms with Gasteiger partial charge in [0.2, 0.25) is 0 Å². The van der Waals surface area contributed by atoms with E-state index < -0.39 is 5.60 Å². The third kappa shape index (κ3) is 2.72. The highest BCUT2D eigenvalue weighted by Gasteiger charge is 2.56. The first-order valence-corrected chi connectivity index (χ1v) is 9.94. The summed E-state index contributed by atoms with van der Waals surface area (Å²) in [6.45, 7) is 4.48. The second-order valence-corrected chi connectivity index (χ2v) is 8.92. The predicted molar refractivity (Wildman–Crippen MR) is 105 cm³/mol. The molecule has 2 saturated carbocycles. The molecular weight excluding hydrogens is 351 g/mol. The van der Waals surface area contributed by atoms with Crippen LogP contribution in [0.5, 0.6) is 0 Å². The van der Waals surface area contributed by atoms with Crippen molar-refractivity contribution < 1.29 is 5.11 Å². The molecule has 2 aliphatic rings. The van der Waals surface area contributed by atoms with E-state index in [0.29, 0.717) is 27.8 Å². The first kappa shape index (κ1) is 17.4. The van der Waals surface area contributed by atoms with Gasteiger partial charge in [-0.3, -0.25) is 0 Å². The predicted octanol–water partition coefficient (Wildman–Crippen LogP) is 6.55. The lowest BCUT2D eigenvalue weighted by Gasteiger charge is -2.36. The van der Waals surface area contributed by atoms with E-state index in [9.17, 15) is 5.11 Å². The molecule has 4 rings (SSSR count). The molecule has 2 fully saturated rings. The summed E-state index contributed by atoms with van der Waals surface area (Å²) in [7, 11) is 0. The van der Waals surface area contributed by atoms with E-state index in [-0.39, 0.29) is 5.92 Å². The van der Waals surface area contributed by atoms with Crippen LogP contribution in [0.1, 0.15) is 38.7 Å². The van der Waals surface area contributed by atoms with Crippen LogP contribution in [0.15, 0.2) is 42.5 Å². The normalized spacial score (nSPS) is 34.3. The molecule has 2 aromatic rings. The Kier molecular flexibility index (Phi) is 4.38. The van der Waals surface area contributed by atoms with Crippen LogP contribution in [0.25, 0.3) is 11.1 Å². The van der Waals surface area contributed by atoms with E-state index in [2.05, 4.69) is 13.8 Å². The highest BCUT2D eigenvalue weighted by Crippen LogP contribution is 2.60. The minimum Gasteiger partial charge on any atom is -0.385 e. The van der Waals surface area contributed by atoms with E-state index in [1.807, 2.05) is 42.5 Å². The fourth-order valence-electron chi connectivity index (χ4n) is 5.43. The van der Waals surface area contributed by atoms with Gasteiger partial charge in [0, 0.05) is 15.6 Å². The summed E-state index contributed by atoms with van der Waals surface area (Å²) in [4.78, 5) is 0. The topological polar surface area (TPSA) is 20.2 Å². The Labute approximate surface area is 160 Å². The van der Waals surface area contributed by atoms with Crippen LogP contribution in [0.4, 0.5) is 0 Å². The van der Waals surface area contributed by atoms with Crippen LogP contribution in [0.2, 0.25) is 10.0 Å². The number of hydrogen-bond acceptors (Lipinski definition) is 1. The van der Waals surface area contributed by atoms with Gasteiger partial charge in [-0.15, -0.1) is 0 Å². The zero-order valence-electron chi connectivity index (χ0n) is 14.7. The largest absolute Gasteiger partial charge is 0.385 e. The van der Waals surface area contributed by atoms with Crippen molar-refractivity contribution in [2.45, 2.75) is 38.7 Å². The Morgan fingerprint density at radius 1 is 0.960 bits per heavy atom. The maximum Gasteiger partial charge on any atom is 0.0959 e. The van der Waals surface area contributed by atoms with Gasteiger partial charge >= 0.3 is 0 Å². The summed E-state index contributed by atoms with van der Waals surface area (Å²) in [5, 5.41) is 13.3. The Bertz CT molecular complexity index is 802. The zero-order valence-corrected chi connectivity index (χ0v) is 16.2. The molecule has 5 unspecified atom stereocenters. The molecule has 0 amide bonds. The van der Waals surface area contributed by atoms with E-state index in [1.165, 1.54) is 6.42 Å². The molecule has 0 heterocycles. The van der Waals surface area contributed by atoms with Gasteiger partial charge in [-0.2, -0.15) is 0 Å². The average Bonchev–Trinajstić information content (AvgIpc) is 3.05. The minimum absolute atomic E-state index is 0.217. The maximum atomic E-state index is 12.0. The van der Waals surface area contributed by atoms with Crippen molar-refractivity contribution in [3.05, 3.63) is 58.1 Å². The highest BCUT2D eigenvalue weighted by molar-refractivity contribution is 6.33. The van der Waals surface area contributed by atoms with Gasteiger partial charge in [0.05, 0.1) is 5.60 Å². The molecule has 2 aliphatic carbocycles. The molecule has 132 valence electrons. The second-order valence-electron chi connectivity index (χ2n) is 8.07. The maximum absolute atomic E-state index is 12.0. The molecule has 0 aliphatic heterocycles. The fourth-order valence-corrected chi connectivity index (χ4v) is 5.84. The van der Waals surface area contributed by atoms with Crippen molar-refractivity contribution >= 4 is 23.2 Å². The van der Waals surface area contributed by atoms with Gasteiger partial charge < -0.3 is 5.11 Å². The molecule has 5 atom stereocenters. The van der Waals surface area contributed by atoms with Crippen LogP contribution >= 0.6 is 23.2 Å². The summed E-state index contributed by atoms with van der Waals surface area (Å²) in [5.41, 5.74) is 2.08. The number of aliphatic hydroxyl groups is 1. The molecule has 1 N–H and O–H groups in total. The van der Waals surface area contributed by atoms with Gasteiger partial charge in [-0.1, -0.05) is 61.3 Å². The average molecular weight is 375 g/mol. The molecule has 2 aromatic carbocycles. The summed E-state index contributed by atoms with van der Waals surface area (Å²) in [5.74, 6) is 1.80. The lowest BCUT2D eigenvalue weighted by molar-refractivity contribution is -0.0407. The molecule has 25 heavy (non-hydrogen) atoms. The molecular formula is C22H24Cl2O. The molecule has 0 bridgehead atoms. The van der Waals surface area contributed by atoms with E-state index in [0.717, 1.165) is 29.5 Å². The third-order valence-corrected chi connectivity index (χ3v) is 7.05. The summed E-state index contributed by atoms with van der Waals surface area (Å²) in [6.07, 6.45) is 3.39. The Morgan fingerprint density at radius 2 is 1.72 bits per heavy atom. The minimum atomic E-state index is -0.838. The van der Waals surface area contributed by atoms with E-state index in [1.54, 1.807) is 0 Å². The van der Waals surface area contributed by atoms with E-state index >= 15 is 0 Å². The van der Waals surface area contributed by atoms with Crippen molar-refractivity contribution in [2.75, 3.05) is 0 Å². The smallest absolute Gasteiger partial charge is 0.0959 e. The van der Waals surface area contributed by atoms with Crippen molar-refractivity contribution in [1.82, 2.24) is 0 Å². The zero-order chi connectivity index (χ0) is 17.8. The van der Waals surface area contributed by atoms with Crippen molar-refractivity contribution in [3.8, 4) is 11.1 Å². The first-order chi connectivity index (χ1) is 11.9. The van der Waals surface area contributed by atoms with Crippen LogP contribution in [0.3, 0.4) is 0 Å². The highest BCUT2D eigenvalue weighted by atomic mass is 35.5. The Morgan fingerprint density at radius 3 is 2.48 bits per heavy atom. The molecule has 0 saturated heterocycles. The number of hydrogen-bond donors (Lipinski definition) is 1. The van der Waals surface area contributed by atoms with Gasteiger partial charge in [0.1, 0.15) is 0 Å². The van der Waals surface area contributed by atoms with Gasteiger partial charge in [0.25, 0.3) is 0 Å². The van der Waals surface area contributed by atoms with Crippen LogP contribution in [0, 0.1) is 23.7 Å². The fraction of sp³-hybridized carbons (Fsp3) is 0.455. The van der Waals surface area contributed by atoms with E-state index in [4.69, 9.17) is 23.2 Å². The lowest BCUT2D eigenvalue weighted by atomic mass is 9.74.